The smallest absolute Gasteiger partial charge is 0.303 e. The number of nitrogens with zero attached hydrogens (tertiary/aromatic N) is 1. The van der Waals surface area contributed by atoms with Crippen LogP contribution in [0.1, 0.15) is 12.0 Å². The first-order valence-corrected chi connectivity index (χ1v) is 7.18. The maximum Gasteiger partial charge on any atom is 0.303 e. The Hall–Kier alpha value is -2.35. The van der Waals surface area contributed by atoms with E-state index in [1.165, 1.54) is 24.6 Å². The van der Waals surface area contributed by atoms with Gasteiger partial charge in [0.05, 0.1) is 11.1 Å². The Bertz CT molecular complexity index is 677. The molecule has 2 rings (SSSR count). The quantitative estimate of drug-likeness (QED) is 0.835. The van der Waals surface area contributed by atoms with Crippen LogP contribution in [-0.2, 0) is 21.2 Å². The summed E-state index contributed by atoms with van der Waals surface area (Å²) in [5.41, 5.74) is 0.997. The van der Waals surface area contributed by atoms with Crippen LogP contribution < -0.4 is 4.72 Å². The Balaban J connectivity index is 2.10. The molecule has 0 aliphatic rings. The third-order valence-corrected chi connectivity index (χ3v) is 3.94. The van der Waals surface area contributed by atoms with Gasteiger partial charge in [-0.2, -0.15) is 0 Å². The lowest BCUT2D eigenvalue weighted by molar-refractivity contribution is -0.136. The molecule has 2 N–H and O–H groups in total. The van der Waals surface area contributed by atoms with E-state index in [-0.39, 0.29) is 17.0 Å². The number of benzene rings is 1. The molecule has 0 radical (unpaired) electrons. The number of nitrogens with one attached hydrogen (secondary N) is 1. The number of carbonyl (C=O) groups is 1. The molecule has 0 bridgehead atoms. The molecular weight excluding hydrogens is 284 g/mol. The topological polar surface area (TPSA) is 110 Å². The van der Waals surface area contributed by atoms with Gasteiger partial charge in [-0.3, -0.25) is 9.52 Å². The Morgan fingerprint density at radius 2 is 2.00 bits per heavy atom. The minimum absolute atomic E-state index is 0.00500. The van der Waals surface area contributed by atoms with E-state index in [0.717, 1.165) is 5.56 Å². The Labute approximate surface area is 115 Å². The second kappa shape index (κ2) is 5.74. The number of hydrogen-bond acceptors (Lipinski definition) is 5. The number of hydrogen-bond donors (Lipinski definition) is 2. The van der Waals surface area contributed by atoms with E-state index < -0.39 is 16.0 Å². The van der Waals surface area contributed by atoms with E-state index >= 15 is 0 Å². The van der Waals surface area contributed by atoms with E-state index in [2.05, 4.69) is 14.4 Å². The fourth-order valence-electron chi connectivity index (χ4n) is 1.56. The van der Waals surface area contributed by atoms with Crippen molar-refractivity contribution < 1.29 is 22.8 Å². The van der Waals surface area contributed by atoms with Gasteiger partial charge in [-0.15, -0.1) is 0 Å². The molecule has 0 spiro atoms. The number of aryl methyl sites for hydroxylation is 1. The summed E-state index contributed by atoms with van der Waals surface area (Å²) in [6, 6.07) is 6.02. The predicted molar refractivity (Wildman–Crippen MR) is 69.7 cm³/mol. The molecular formula is C12H12N2O5S. The van der Waals surface area contributed by atoms with Crippen molar-refractivity contribution in [3.05, 3.63) is 42.3 Å². The molecule has 0 aliphatic heterocycles. The van der Waals surface area contributed by atoms with Crippen molar-refractivity contribution in [2.75, 3.05) is 4.72 Å². The average Bonchev–Trinajstić information content (AvgIpc) is 2.89. The van der Waals surface area contributed by atoms with Gasteiger partial charge in [0.15, 0.2) is 0 Å². The number of carboxylic acids is 1. The summed E-state index contributed by atoms with van der Waals surface area (Å²) >= 11 is 0. The van der Waals surface area contributed by atoms with Crippen LogP contribution in [0.25, 0.3) is 0 Å². The lowest BCUT2D eigenvalue weighted by Crippen LogP contribution is -2.12. The standard InChI is InChI=1S/C12H12N2O5S/c15-12(16)6-3-9-1-4-11(5-2-9)20(17,18)14-10-7-13-19-8-10/h1-2,4-5,7-8,14H,3,6H2,(H,15,16). The van der Waals surface area contributed by atoms with Crippen LogP contribution in [0.15, 0.2) is 46.1 Å². The zero-order valence-electron chi connectivity index (χ0n) is 10.3. The fraction of sp³-hybridized carbons (Fsp3) is 0.167. The molecule has 1 heterocycles. The molecule has 20 heavy (non-hydrogen) atoms. The summed E-state index contributed by atoms with van der Waals surface area (Å²) in [4.78, 5) is 10.5. The van der Waals surface area contributed by atoms with Crippen LogP contribution in [-0.4, -0.2) is 24.7 Å². The minimum Gasteiger partial charge on any atom is -0.481 e. The zero-order chi connectivity index (χ0) is 14.6. The molecule has 0 atom stereocenters. The SMILES string of the molecule is O=C(O)CCc1ccc(S(=O)(=O)Nc2cnoc2)cc1. The van der Waals surface area contributed by atoms with E-state index in [1.807, 2.05) is 0 Å². The Morgan fingerprint density at radius 3 is 2.55 bits per heavy atom. The van der Waals surface area contributed by atoms with Crippen LogP contribution in [0, 0.1) is 0 Å². The highest BCUT2D eigenvalue weighted by Crippen LogP contribution is 2.16. The highest BCUT2D eigenvalue weighted by Gasteiger charge is 2.14. The molecule has 0 unspecified atom stereocenters. The van der Waals surface area contributed by atoms with Gasteiger partial charge in [-0.1, -0.05) is 17.3 Å². The average molecular weight is 296 g/mol. The van der Waals surface area contributed by atoms with E-state index in [4.69, 9.17) is 5.11 Å². The van der Waals surface area contributed by atoms with Crippen molar-refractivity contribution in [3.8, 4) is 0 Å². The number of rotatable bonds is 6. The summed E-state index contributed by atoms with van der Waals surface area (Å²) in [7, 11) is -3.70. The maximum absolute atomic E-state index is 12.0. The van der Waals surface area contributed by atoms with Crippen molar-refractivity contribution in [2.45, 2.75) is 17.7 Å². The van der Waals surface area contributed by atoms with Crippen LogP contribution in [0.3, 0.4) is 0 Å². The predicted octanol–water partition coefficient (Wildman–Crippen LogP) is 1.49. The largest absolute Gasteiger partial charge is 0.481 e. The second-order valence-corrected chi connectivity index (χ2v) is 5.74. The fourth-order valence-corrected chi connectivity index (χ4v) is 2.58. The number of aliphatic carboxylic acids is 1. The first kappa shape index (κ1) is 14.1. The van der Waals surface area contributed by atoms with Crippen molar-refractivity contribution in [3.63, 3.8) is 0 Å². The molecule has 0 saturated carbocycles. The van der Waals surface area contributed by atoms with Gasteiger partial charge in [-0.05, 0) is 24.1 Å². The molecule has 106 valence electrons. The molecule has 1 aromatic heterocycles. The van der Waals surface area contributed by atoms with Crippen LogP contribution in [0.5, 0.6) is 0 Å². The molecule has 0 amide bonds. The molecule has 0 saturated heterocycles. The highest BCUT2D eigenvalue weighted by molar-refractivity contribution is 7.92. The van der Waals surface area contributed by atoms with E-state index in [0.29, 0.717) is 6.42 Å². The van der Waals surface area contributed by atoms with Crippen molar-refractivity contribution in [1.29, 1.82) is 0 Å². The number of sulfonamides is 1. The van der Waals surface area contributed by atoms with Gasteiger partial charge < -0.3 is 9.63 Å². The summed E-state index contributed by atoms with van der Waals surface area (Å²) < 4.78 is 30.8. The number of aromatic nitrogens is 1. The first-order valence-electron chi connectivity index (χ1n) is 5.70. The summed E-state index contributed by atoms with van der Waals surface area (Å²) in [5, 5.41) is 12.0. The second-order valence-electron chi connectivity index (χ2n) is 4.06. The molecule has 8 heteroatoms. The van der Waals surface area contributed by atoms with Crippen molar-refractivity contribution in [2.24, 2.45) is 0 Å². The molecule has 0 aliphatic carbocycles. The lowest BCUT2D eigenvalue weighted by Gasteiger charge is -2.06. The van der Waals surface area contributed by atoms with Gasteiger partial charge in [-0.25, -0.2) is 8.42 Å². The molecule has 2 aromatic rings. The summed E-state index contributed by atoms with van der Waals surface area (Å²) in [6.07, 6.45) is 2.79. The van der Waals surface area contributed by atoms with Gasteiger partial charge in [0.25, 0.3) is 10.0 Å². The number of anilines is 1. The van der Waals surface area contributed by atoms with E-state index in [1.54, 1.807) is 12.1 Å². The Morgan fingerprint density at radius 1 is 1.30 bits per heavy atom. The third-order valence-electron chi connectivity index (χ3n) is 2.55. The van der Waals surface area contributed by atoms with Gasteiger partial charge in [0, 0.05) is 6.42 Å². The minimum atomic E-state index is -3.70. The molecule has 0 fully saturated rings. The monoisotopic (exact) mass is 296 g/mol. The lowest BCUT2D eigenvalue weighted by atomic mass is 10.1. The maximum atomic E-state index is 12.0. The van der Waals surface area contributed by atoms with Gasteiger partial charge in [0.1, 0.15) is 12.0 Å². The highest BCUT2D eigenvalue weighted by atomic mass is 32.2. The molecule has 1 aromatic carbocycles. The van der Waals surface area contributed by atoms with E-state index in [9.17, 15) is 13.2 Å². The summed E-state index contributed by atoms with van der Waals surface area (Å²) in [5.74, 6) is -0.893. The van der Waals surface area contributed by atoms with Crippen LogP contribution >= 0.6 is 0 Å². The van der Waals surface area contributed by atoms with Crippen molar-refractivity contribution >= 4 is 21.7 Å². The Kier molecular flexibility index (Phi) is 4.04. The van der Waals surface area contributed by atoms with Crippen LogP contribution in [0.2, 0.25) is 0 Å². The van der Waals surface area contributed by atoms with Crippen LogP contribution in [0.4, 0.5) is 5.69 Å². The first-order chi connectivity index (χ1) is 9.47. The zero-order valence-corrected chi connectivity index (χ0v) is 11.1. The summed E-state index contributed by atoms with van der Waals surface area (Å²) in [6.45, 7) is 0. The number of carboxylic acid groups (broad SMARTS) is 1. The van der Waals surface area contributed by atoms with Gasteiger partial charge in [0.2, 0.25) is 0 Å². The third kappa shape index (κ3) is 3.58. The van der Waals surface area contributed by atoms with Gasteiger partial charge >= 0.3 is 5.97 Å². The normalized spacial score (nSPS) is 11.2. The van der Waals surface area contributed by atoms with Crippen molar-refractivity contribution in [1.82, 2.24) is 5.16 Å². The molecule has 7 nitrogen and oxygen atoms in total.